The average molecular weight is 413 g/mol. The summed E-state index contributed by atoms with van der Waals surface area (Å²) in [5.74, 6) is 0. The van der Waals surface area contributed by atoms with Gasteiger partial charge in [-0.2, -0.15) is 5.10 Å². The van der Waals surface area contributed by atoms with Crippen molar-refractivity contribution in [2.24, 2.45) is 7.05 Å². The van der Waals surface area contributed by atoms with Crippen molar-refractivity contribution >= 4 is 33.0 Å². The van der Waals surface area contributed by atoms with Gasteiger partial charge in [0.15, 0.2) is 0 Å². The summed E-state index contributed by atoms with van der Waals surface area (Å²) in [6.07, 6.45) is 4.28. The highest BCUT2D eigenvalue weighted by atomic mass is 35.5. The predicted molar refractivity (Wildman–Crippen MR) is 113 cm³/mol. The molecule has 1 aliphatic heterocycles. The minimum Gasteiger partial charge on any atom is -0.339 e. The summed E-state index contributed by atoms with van der Waals surface area (Å²) in [5, 5.41) is 11.2. The highest BCUT2D eigenvalue weighted by Gasteiger charge is 2.32. The van der Waals surface area contributed by atoms with E-state index in [1.807, 2.05) is 46.7 Å². The smallest absolute Gasteiger partial charge is 0.214 e. The molecule has 8 heteroatoms. The molecule has 4 heterocycles. The van der Waals surface area contributed by atoms with Gasteiger partial charge < -0.3 is 4.90 Å². The van der Waals surface area contributed by atoms with Crippen molar-refractivity contribution in [3.05, 3.63) is 52.4 Å². The van der Waals surface area contributed by atoms with E-state index < -0.39 is 0 Å². The minimum absolute atomic E-state index is 0.334. The highest BCUT2D eigenvalue weighted by molar-refractivity contribution is 7.20. The molecule has 3 aromatic heterocycles. The van der Waals surface area contributed by atoms with E-state index in [2.05, 4.69) is 23.8 Å². The number of aromatic nitrogens is 5. The topological polar surface area (TPSA) is 51.2 Å². The molecule has 0 N–H and O–H groups in total. The number of fused-ring (bicyclic) bond motifs is 1. The third-order valence-corrected chi connectivity index (χ3v) is 6.78. The van der Waals surface area contributed by atoms with Crippen LogP contribution in [-0.2, 0) is 7.05 Å². The molecule has 6 nitrogen and oxygen atoms in total. The first-order valence-electron chi connectivity index (χ1n) is 9.40. The number of hydrogen-bond acceptors (Lipinski definition) is 5. The molecule has 144 valence electrons. The third kappa shape index (κ3) is 2.81. The highest BCUT2D eigenvalue weighted by Crippen LogP contribution is 2.40. The molecule has 1 aliphatic rings. The summed E-state index contributed by atoms with van der Waals surface area (Å²) in [5.41, 5.74) is 5.65. The van der Waals surface area contributed by atoms with E-state index in [1.165, 1.54) is 11.3 Å². The van der Waals surface area contributed by atoms with Crippen LogP contribution in [0.3, 0.4) is 0 Å². The molecule has 0 spiro atoms. The molecular weight excluding hydrogens is 392 g/mol. The van der Waals surface area contributed by atoms with Crippen LogP contribution in [-0.4, -0.2) is 30.9 Å². The van der Waals surface area contributed by atoms with Gasteiger partial charge in [0.05, 0.1) is 23.6 Å². The quantitative estimate of drug-likeness (QED) is 0.484. The van der Waals surface area contributed by atoms with Crippen molar-refractivity contribution in [3.8, 4) is 11.3 Å². The number of halogens is 1. The normalized spacial score (nSPS) is 17.1. The Morgan fingerprint density at radius 3 is 2.61 bits per heavy atom. The molecule has 0 aliphatic carbocycles. The van der Waals surface area contributed by atoms with E-state index in [0.29, 0.717) is 6.04 Å². The first-order chi connectivity index (χ1) is 13.5. The average Bonchev–Trinajstić information content (AvgIpc) is 3.39. The zero-order valence-electron chi connectivity index (χ0n) is 16.1. The molecule has 1 fully saturated rings. The van der Waals surface area contributed by atoms with Crippen molar-refractivity contribution in [2.45, 2.75) is 32.7 Å². The molecule has 28 heavy (non-hydrogen) atoms. The van der Waals surface area contributed by atoms with Gasteiger partial charge in [0.1, 0.15) is 0 Å². The number of aryl methyl sites for hydroxylation is 2. The van der Waals surface area contributed by atoms with Gasteiger partial charge in [0.25, 0.3) is 0 Å². The molecule has 1 unspecified atom stereocenters. The van der Waals surface area contributed by atoms with Gasteiger partial charge >= 0.3 is 0 Å². The Kier molecular flexibility index (Phi) is 4.17. The third-order valence-electron chi connectivity index (χ3n) is 5.57. The Labute approximate surface area is 172 Å². The fraction of sp³-hybridized carbons (Fsp3) is 0.350. The summed E-state index contributed by atoms with van der Waals surface area (Å²) in [4.78, 5) is 8.10. The lowest BCUT2D eigenvalue weighted by atomic mass is 10.0. The number of hydrogen-bond donors (Lipinski definition) is 0. The van der Waals surface area contributed by atoms with Crippen LogP contribution in [0.25, 0.3) is 16.2 Å². The Bertz CT molecular complexity index is 1120. The number of imidazole rings is 1. The minimum atomic E-state index is 0.334. The number of nitrogens with zero attached hydrogens (tertiary/aromatic N) is 6. The molecule has 1 saturated heterocycles. The molecule has 0 bridgehead atoms. The van der Waals surface area contributed by atoms with Crippen LogP contribution in [0.5, 0.6) is 0 Å². The number of benzene rings is 1. The van der Waals surface area contributed by atoms with Crippen molar-refractivity contribution in [3.63, 3.8) is 0 Å². The van der Waals surface area contributed by atoms with Crippen LogP contribution >= 0.6 is 22.9 Å². The van der Waals surface area contributed by atoms with Gasteiger partial charge in [-0.3, -0.25) is 4.68 Å². The lowest BCUT2D eigenvalue weighted by molar-refractivity contribution is 0.693. The Balaban J connectivity index is 1.49. The molecule has 1 atom stereocenters. The monoisotopic (exact) mass is 412 g/mol. The van der Waals surface area contributed by atoms with Crippen LogP contribution in [0.2, 0.25) is 5.02 Å². The predicted octanol–water partition coefficient (Wildman–Crippen LogP) is 4.80. The van der Waals surface area contributed by atoms with Gasteiger partial charge in [-0.15, -0.1) is 5.10 Å². The zero-order valence-corrected chi connectivity index (χ0v) is 17.6. The molecular formula is C20H21ClN6S. The maximum absolute atomic E-state index is 5.99. The van der Waals surface area contributed by atoms with E-state index in [9.17, 15) is 0 Å². The Morgan fingerprint density at radius 1 is 1.14 bits per heavy atom. The van der Waals surface area contributed by atoms with E-state index in [-0.39, 0.29) is 0 Å². The largest absolute Gasteiger partial charge is 0.339 e. The van der Waals surface area contributed by atoms with E-state index in [1.54, 1.807) is 11.3 Å². The van der Waals surface area contributed by atoms with Gasteiger partial charge in [-0.05, 0) is 38.8 Å². The van der Waals surface area contributed by atoms with E-state index >= 15 is 0 Å². The second kappa shape index (κ2) is 6.60. The second-order valence-electron chi connectivity index (χ2n) is 7.30. The maximum Gasteiger partial charge on any atom is 0.214 e. The van der Waals surface area contributed by atoms with Crippen molar-refractivity contribution in [2.75, 3.05) is 11.4 Å². The van der Waals surface area contributed by atoms with Crippen LogP contribution in [0.1, 0.15) is 35.8 Å². The fourth-order valence-electron chi connectivity index (χ4n) is 4.13. The molecule has 0 saturated carbocycles. The first-order valence-corrected chi connectivity index (χ1v) is 10.6. The SMILES string of the molecule is Cc1nn(C)c(C)c1C1CCCN1c1nn2cc(-c3ccc(Cl)cc3)nc2s1. The Morgan fingerprint density at radius 2 is 1.93 bits per heavy atom. The summed E-state index contributed by atoms with van der Waals surface area (Å²) in [6.45, 7) is 5.27. The lowest BCUT2D eigenvalue weighted by Gasteiger charge is -2.24. The van der Waals surface area contributed by atoms with Gasteiger partial charge in [-0.1, -0.05) is 35.1 Å². The van der Waals surface area contributed by atoms with E-state index in [4.69, 9.17) is 21.7 Å². The first kappa shape index (κ1) is 17.7. The number of anilines is 1. The van der Waals surface area contributed by atoms with Crippen molar-refractivity contribution in [1.29, 1.82) is 0 Å². The van der Waals surface area contributed by atoms with Crippen molar-refractivity contribution < 1.29 is 0 Å². The molecule has 0 amide bonds. The van der Waals surface area contributed by atoms with Crippen LogP contribution in [0, 0.1) is 13.8 Å². The van der Waals surface area contributed by atoms with Gasteiger partial charge in [0.2, 0.25) is 10.1 Å². The second-order valence-corrected chi connectivity index (χ2v) is 8.68. The van der Waals surface area contributed by atoms with Crippen molar-refractivity contribution in [1.82, 2.24) is 24.4 Å². The molecule has 1 aromatic carbocycles. The Hall–Kier alpha value is -2.38. The summed E-state index contributed by atoms with van der Waals surface area (Å²) >= 11 is 7.63. The summed E-state index contributed by atoms with van der Waals surface area (Å²) < 4.78 is 3.87. The van der Waals surface area contributed by atoms with Crippen LogP contribution in [0.15, 0.2) is 30.5 Å². The van der Waals surface area contributed by atoms with Crippen LogP contribution in [0.4, 0.5) is 5.13 Å². The zero-order chi connectivity index (χ0) is 19.4. The van der Waals surface area contributed by atoms with Crippen LogP contribution < -0.4 is 4.90 Å². The van der Waals surface area contributed by atoms with E-state index in [0.717, 1.165) is 51.5 Å². The molecule has 5 rings (SSSR count). The maximum atomic E-state index is 5.99. The fourth-order valence-corrected chi connectivity index (χ4v) is 5.22. The molecule has 4 aromatic rings. The summed E-state index contributed by atoms with van der Waals surface area (Å²) in [6, 6.07) is 8.08. The number of rotatable bonds is 3. The van der Waals surface area contributed by atoms with Gasteiger partial charge in [-0.25, -0.2) is 9.50 Å². The molecule has 0 radical (unpaired) electrons. The lowest BCUT2D eigenvalue weighted by Crippen LogP contribution is -2.23. The standard InChI is InChI=1S/C20H21ClN6S/c1-12-18(13(2)25(3)23-12)17-5-4-10-26(17)20-24-27-11-16(22-19(27)28-20)14-6-8-15(21)9-7-14/h6-9,11,17H,4-5,10H2,1-3H3. The summed E-state index contributed by atoms with van der Waals surface area (Å²) in [7, 11) is 2.01. The van der Waals surface area contributed by atoms with Gasteiger partial charge in [0, 0.05) is 35.4 Å².